The fourth-order valence-electron chi connectivity index (χ4n) is 2.43. The van der Waals surface area contributed by atoms with E-state index in [4.69, 9.17) is 5.21 Å². The topological polar surface area (TPSA) is 107 Å². The number of carbonyl (C=O) groups is 2. The summed E-state index contributed by atoms with van der Waals surface area (Å²) in [6.07, 6.45) is 4.03. The molecular formula is C17H16N4O3. The summed E-state index contributed by atoms with van der Waals surface area (Å²) in [5, 5.41) is 13.2. The van der Waals surface area contributed by atoms with Gasteiger partial charge in [0.15, 0.2) is 0 Å². The van der Waals surface area contributed by atoms with Crippen molar-refractivity contribution < 1.29 is 14.8 Å². The first-order valence-electron chi connectivity index (χ1n) is 7.41. The van der Waals surface area contributed by atoms with Crippen molar-refractivity contribution in [2.24, 2.45) is 0 Å². The minimum atomic E-state index is -0.592. The fraction of sp³-hybridized carbons (Fsp3) is 0.118. The maximum Gasteiger partial charge on any atom is 0.274 e. The van der Waals surface area contributed by atoms with Crippen molar-refractivity contribution in [1.82, 2.24) is 20.8 Å². The number of H-pyrrole nitrogens is 1. The summed E-state index contributed by atoms with van der Waals surface area (Å²) >= 11 is 0. The number of amides is 2. The Balaban J connectivity index is 1.73. The second kappa shape index (κ2) is 6.93. The van der Waals surface area contributed by atoms with Crippen molar-refractivity contribution in [2.45, 2.75) is 6.42 Å². The molecule has 0 bridgehead atoms. The van der Waals surface area contributed by atoms with Gasteiger partial charge >= 0.3 is 0 Å². The molecule has 7 nitrogen and oxygen atoms in total. The molecule has 0 saturated heterocycles. The van der Waals surface area contributed by atoms with E-state index in [2.05, 4.69) is 15.3 Å². The lowest BCUT2D eigenvalue weighted by molar-refractivity contribution is 0.0706. The second-order valence-electron chi connectivity index (χ2n) is 5.28. The highest BCUT2D eigenvalue weighted by molar-refractivity contribution is 6.01. The quantitative estimate of drug-likeness (QED) is 0.423. The van der Waals surface area contributed by atoms with Crippen LogP contribution in [0, 0.1) is 0 Å². The second-order valence-corrected chi connectivity index (χ2v) is 5.28. The number of nitrogens with zero attached hydrogens (tertiary/aromatic N) is 1. The number of fused-ring (bicyclic) bond motifs is 1. The molecule has 0 spiro atoms. The van der Waals surface area contributed by atoms with Gasteiger partial charge in [-0.3, -0.25) is 14.8 Å². The van der Waals surface area contributed by atoms with E-state index in [0.717, 1.165) is 16.5 Å². The molecule has 0 aliphatic heterocycles. The van der Waals surface area contributed by atoms with Crippen LogP contribution in [0.15, 0.2) is 48.9 Å². The lowest BCUT2D eigenvalue weighted by Crippen LogP contribution is -2.25. The molecule has 0 radical (unpaired) electrons. The molecule has 1 aromatic heterocycles. The molecular weight excluding hydrogens is 308 g/mol. The van der Waals surface area contributed by atoms with E-state index in [1.54, 1.807) is 48.3 Å². The van der Waals surface area contributed by atoms with E-state index in [1.165, 1.54) is 0 Å². The lowest BCUT2D eigenvalue weighted by atomic mass is 10.0. The van der Waals surface area contributed by atoms with Crippen LogP contribution in [0.4, 0.5) is 0 Å². The van der Waals surface area contributed by atoms with Gasteiger partial charge < -0.3 is 10.3 Å². The van der Waals surface area contributed by atoms with E-state index < -0.39 is 5.91 Å². The van der Waals surface area contributed by atoms with E-state index in [9.17, 15) is 9.59 Å². The molecule has 2 amide bonds. The number of aromatic nitrogens is 2. The highest BCUT2D eigenvalue weighted by Crippen LogP contribution is 2.18. The summed E-state index contributed by atoms with van der Waals surface area (Å²) in [5.74, 6) is -0.782. The number of nitrogens with one attached hydrogen (secondary N) is 3. The van der Waals surface area contributed by atoms with Crippen LogP contribution >= 0.6 is 0 Å². The zero-order valence-electron chi connectivity index (χ0n) is 12.7. The average molecular weight is 324 g/mol. The van der Waals surface area contributed by atoms with Gasteiger partial charge in [-0.25, -0.2) is 10.5 Å². The molecule has 1 heterocycles. The van der Waals surface area contributed by atoms with E-state index in [1.807, 2.05) is 6.07 Å². The van der Waals surface area contributed by atoms with Crippen LogP contribution in [0.3, 0.4) is 0 Å². The number of hydroxylamine groups is 1. The Kier molecular flexibility index (Phi) is 4.53. The Hall–Kier alpha value is -3.19. The summed E-state index contributed by atoms with van der Waals surface area (Å²) in [6, 6.07) is 10.3. The maximum atomic E-state index is 12.2. The number of hydrogen-bond donors (Lipinski definition) is 4. The van der Waals surface area contributed by atoms with E-state index >= 15 is 0 Å². The highest BCUT2D eigenvalue weighted by Gasteiger charge is 2.09. The van der Waals surface area contributed by atoms with Gasteiger partial charge in [0, 0.05) is 30.3 Å². The Morgan fingerprint density at radius 3 is 2.38 bits per heavy atom. The molecule has 3 rings (SSSR count). The summed E-state index contributed by atoms with van der Waals surface area (Å²) in [7, 11) is 0. The zero-order valence-corrected chi connectivity index (χ0v) is 12.7. The zero-order chi connectivity index (χ0) is 16.9. The number of rotatable bonds is 5. The highest BCUT2D eigenvalue weighted by atomic mass is 16.5. The van der Waals surface area contributed by atoms with Crippen molar-refractivity contribution >= 4 is 22.6 Å². The van der Waals surface area contributed by atoms with Crippen LogP contribution in [0.2, 0.25) is 0 Å². The van der Waals surface area contributed by atoms with Crippen molar-refractivity contribution in [1.29, 1.82) is 0 Å². The Morgan fingerprint density at radius 1 is 1.04 bits per heavy atom. The van der Waals surface area contributed by atoms with Crippen LogP contribution in [0.5, 0.6) is 0 Å². The summed E-state index contributed by atoms with van der Waals surface area (Å²) in [6.45, 7) is 0.481. The molecule has 0 atom stereocenters. The number of benzene rings is 2. The molecule has 7 heteroatoms. The number of carbonyl (C=O) groups excluding carboxylic acids is 2. The number of aromatic amines is 1. The predicted octanol–water partition coefficient (Wildman–Crippen LogP) is 1.65. The van der Waals surface area contributed by atoms with Gasteiger partial charge in [-0.05, 0) is 35.0 Å². The smallest absolute Gasteiger partial charge is 0.274 e. The number of imidazole rings is 1. The van der Waals surface area contributed by atoms with Crippen molar-refractivity contribution in [3.63, 3.8) is 0 Å². The Morgan fingerprint density at radius 2 is 1.75 bits per heavy atom. The van der Waals surface area contributed by atoms with Crippen LogP contribution in [-0.4, -0.2) is 33.5 Å². The van der Waals surface area contributed by atoms with Crippen molar-refractivity contribution in [2.75, 3.05) is 6.54 Å². The van der Waals surface area contributed by atoms with Gasteiger partial charge in [0.2, 0.25) is 0 Å². The van der Waals surface area contributed by atoms with Crippen molar-refractivity contribution in [3.05, 3.63) is 65.7 Å². The third kappa shape index (κ3) is 3.41. The first-order valence-corrected chi connectivity index (χ1v) is 7.41. The van der Waals surface area contributed by atoms with Gasteiger partial charge in [0.1, 0.15) is 0 Å². The minimum absolute atomic E-state index is 0.190. The number of hydrogen-bond acceptors (Lipinski definition) is 4. The summed E-state index contributed by atoms with van der Waals surface area (Å²) in [5.41, 5.74) is 3.31. The molecule has 3 aromatic rings. The maximum absolute atomic E-state index is 12.2. The third-order valence-corrected chi connectivity index (χ3v) is 3.69. The van der Waals surface area contributed by atoms with Crippen LogP contribution in [-0.2, 0) is 6.42 Å². The average Bonchev–Trinajstić information content (AvgIpc) is 3.13. The molecule has 4 N–H and O–H groups in total. The predicted molar refractivity (Wildman–Crippen MR) is 87.8 cm³/mol. The standard InChI is InChI=1S/C17H16N4O3/c22-16(19-6-5-15-9-18-10-20-15)12-3-1-11-2-4-13(17(23)21-24)8-14(11)7-12/h1-4,7-10,24H,5-6H2,(H,18,20)(H,19,22)(H,21,23). The Bertz CT molecular complexity index is 875. The first kappa shape index (κ1) is 15.7. The van der Waals surface area contributed by atoms with E-state index in [0.29, 0.717) is 24.1 Å². The van der Waals surface area contributed by atoms with Gasteiger partial charge in [0.05, 0.1) is 12.0 Å². The molecule has 0 aliphatic rings. The van der Waals surface area contributed by atoms with Gasteiger partial charge in [-0.15, -0.1) is 0 Å². The molecule has 0 saturated carbocycles. The summed E-state index contributed by atoms with van der Waals surface area (Å²) in [4.78, 5) is 30.7. The molecule has 24 heavy (non-hydrogen) atoms. The monoisotopic (exact) mass is 324 g/mol. The molecule has 122 valence electrons. The van der Waals surface area contributed by atoms with Crippen molar-refractivity contribution in [3.8, 4) is 0 Å². The first-order chi connectivity index (χ1) is 11.7. The van der Waals surface area contributed by atoms with Gasteiger partial charge in [0.25, 0.3) is 11.8 Å². The molecule has 0 aliphatic carbocycles. The van der Waals surface area contributed by atoms with Crippen LogP contribution in [0.1, 0.15) is 26.4 Å². The minimum Gasteiger partial charge on any atom is -0.352 e. The molecule has 0 fully saturated rings. The van der Waals surface area contributed by atoms with Gasteiger partial charge in [-0.2, -0.15) is 0 Å². The van der Waals surface area contributed by atoms with Crippen LogP contribution in [0.25, 0.3) is 10.8 Å². The summed E-state index contributed by atoms with van der Waals surface area (Å²) < 4.78 is 0. The Labute approximate surface area is 137 Å². The van der Waals surface area contributed by atoms with E-state index in [-0.39, 0.29) is 5.91 Å². The lowest BCUT2D eigenvalue weighted by Gasteiger charge is -2.07. The normalized spacial score (nSPS) is 10.5. The largest absolute Gasteiger partial charge is 0.352 e. The molecule has 0 unspecified atom stereocenters. The van der Waals surface area contributed by atoms with Crippen LogP contribution < -0.4 is 10.8 Å². The third-order valence-electron chi connectivity index (χ3n) is 3.69. The van der Waals surface area contributed by atoms with Gasteiger partial charge in [-0.1, -0.05) is 12.1 Å². The molecule has 2 aromatic carbocycles. The SMILES string of the molecule is O=C(NO)c1ccc2ccc(C(=O)NCCc3c[nH]cn3)cc2c1. The fourth-order valence-corrected chi connectivity index (χ4v) is 2.43.